The van der Waals surface area contributed by atoms with Crippen LogP contribution in [0.5, 0.6) is 5.75 Å². The molecule has 2 heteroatoms. The third-order valence-corrected chi connectivity index (χ3v) is 1.52. The first-order valence-corrected chi connectivity index (χ1v) is 3.64. The highest BCUT2D eigenvalue weighted by molar-refractivity contribution is 5.59. The fraction of sp³-hybridized carbons (Fsp3) is 0.100. The molecule has 0 radical (unpaired) electrons. The molecule has 0 spiro atoms. The Morgan fingerprint density at radius 1 is 1.50 bits per heavy atom. The van der Waals surface area contributed by atoms with Crippen molar-refractivity contribution in [2.75, 3.05) is 0 Å². The molecular weight excluding hydrogens is 152 g/mol. The third kappa shape index (κ3) is 1.72. The van der Waals surface area contributed by atoms with E-state index in [1.54, 1.807) is 24.5 Å². The molecule has 2 nitrogen and oxygen atoms in total. The largest absolute Gasteiger partial charge is 0.500 e. The molecule has 1 rings (SSSR count). The summed E-state index contributed by atoms with van der Waals surface area (Å²) in [6.07, 6.45) is 8.09. The molecule has 1 aromatic rings. The fourth-order valence-electron chi connectivity index (χ4n) is 0.911. The lowest BCUT2D eigenvalue weighted by Crippen LogP contribution is -1.79. The number of aryl methyl sites for hydroxylation is 1. The summed E-state index contributed by atoms with van der Waals surface area (Å²) in [6, 6.07) is 0. The smallest absolute Gasteiger partial charge is 0.359 e. The topological polar surface area (TPSA) is 31.5 Å². The molecule has 12 heavy (non-hydrogen) atoms. The van der Waals surface area contributed by atoms with Crippen molar-refractivity contribution >= 4 is 6.08 Å². The minimum absolute atomic E-state index is 0.146. The van der Waals surface area contributed by atoms with Gasteiger partial charge in [0.1, 0.15) is 0 Å². The van der Waals surface area contributed by atoms with Crippen LogP contribution in [0, 0.1) is 6.92 Å². The summed E-state index contributed by atoms with van der Waals surface area (Å²) in [6.45, 7) is 5.41. The van der Waals surface area contributed by atoms with Gasteiger partial charge in [0.2, 0.25) is 5.75 Å². The van der Waals surface area contributed by atoms with Crippen molar-refractivity contribution in [3.8, 4) is 5.75 Å². The third-order valence-electron chi connectivity index (χ3n) is 1.52. The summed E-state index contributed by atoms with van der Waals surface area (Å²) in [5.74, 6) is 0.146. The van der Waals surface area contributed by atoms with Gasteiger partial charge in [-0.15, -0.1) is 0 Å². The second kappa shape index (κ2) is 3.72. The van der Waals surface area contributed by atoms with Crippen LogP contribution in [0.4, 0.5) is 0 Å². The van der Waals surface area contributed by atoms with Crippen molar-refractivity contribution in [3.63, 3.8) is 0 Å². The maximum Gasteiger partial charge on any atom is 0.359 e. The van der Waals surface area contributed by atoms with E-state index < -0.39 is 0 Å². The van der Waals surface area contributed by atoms with Crippen molar-refractivity contribution in [3.05, 3.63) is 42.4 Å². The molecule has 1 aromatic heterocycles. The fourth-order valence-corrected chi connectivity index (χ4v) is 0.911. The van der Waals surface area contributed by atoms with Gasteiger partial charge in [-0.05, 0) is 6.92 Å². The van der Waals surface area contributed by atoms with Crippen LogP contribution in [0.1, 0.15) is 11.1 Å². The minimum atomic E-state index is 0.146. The highest BCUT2D eigenvalue weighted by atomic mass is 16.3. The lowest BCUT2D eigenvalue weighted by Gasteiger charge is -1.94. The number of hydrogen-bond acceptors (Lipinski definition) is 1. The molecule has 0 bridgehead atoms. The van der Waals surface area contributed by atoms with Crippen LogP contribution in [0.15, 0.2) is 35.7 Å². The lowest BCUT2D eigenvalue weighted by atomic mass is 10.1. The molecule has 0 saturated heterocycles. The zero-order valence-corrected chi connectivity index (χ0v) is 6.95. The first-order valence-electron chi connectivity index (χ1n) is 3.64. The number of allylic oxidation sites excluding steroid dienone is 2. The van der Waals surface area contributed by atoms with E-state index in [0.29, 0.717) is 0 Å². The van der Waals surface area contributed by atoms with Gasteiger partial charge >= 0.3 is 12.5 Å². The summed E-state index contributed by atoms with van der Waals surface area (Å²) in [5.41, 5.74) is 1.66. The Morgan fingerprint density at radius 2 is 2.25 bits per heavy atom. The van der Waals surface area contributed by atoms with E-state index in [4.69, 9.17) is 4.42 Å². The predicted octanol–water partition coefficient (Wildman–Crippen LogP) is 2.77. The first kappa shape index (κ1) is 8.53. The molecular formula is C10H11O2+. The van der Waals surface area contributed by atoms with Crippen LogP contribution in [0.3, 0.4) is 0 Å². The molecule has 62 valence electrons. The summed E-state index contributed by atoms with van der Waals surface area (Å²) >= 11 is 0. The van der Waals surface area contributed by atoms with Gasteiger partial charge in [0.05, 0.1) is 5.56 Å². The van der Waals surface area contributed by atoms with Crippen LogP contribution in [-0.2, 0) is 0 Å². The SMILES string of the molecule is C=C/C=C/c1c(C)c[o+]cc1O. The molecule has 0 aliphatic carbocycles. The van der Waals surface area contributed by atoms with E-state index in [0.717, 1.165) is 11.1 Å². The second-order valence-electron chi connectivity index (χ2n) is 2.45. The highest BCUT2D eigenvalue weighted by Crippen LogP contribution is 2.21. The second-order valence-corrected chi connectivity index (χ2v) is 2.45. The zero-order valence-electron chi connectivity index (χ0n) is 6.95. The van der Waals surface area contributed by atoms with Gasteiger partial charge in [-0.3, -0.25) is 0 Å². The van der Waals surface area contributed by atoms with Crippen molar-refractivity contribution in [2.24, 2.45) is 0 Å². The summed E-state index contributed by atoms with van der Waals surface area (Å²) in [7, 11) is 0. The minimum Gasteiger partial charge on any atom is -0.500 e. The Kier molecular flexibility index (Phi) is 2.64. The Bertz CT molecular complexity index is 293. The molecule has 0 aromatic carbocycles. The Labute approximate surface area is 71.5 Å². The molecule has 0 atom stereocenters. The van der Waals surface area contributed by atoms with Gasteiger partial charge in [0, 0.05) is 5.56 Å². The normalized spacial score (nSPS) is 10.4. The average molecular weight is 163 g/mol. The molecule has 1 N–H and O–H groups in total. The van der Waals surface area contributed by atoms with E-state index in [2.05, 4.69) is 6.58 Å². The molecule has 0 aliphatic heterocycles. The maximum absolute atomic E-state index is 9.34. The Morgan fingerprint density at radius 3 is 2.83 bits per heavy atom. The van der Waals surface area contributed by atoms with Crippen molar-refractivity contribution in [2.45, 2.75) is 6.92 Å². The molecule has 0 unspecified atom stereocenters. The van der Waals surface area contributed by atoms with Crippen LogP contribution in [0.2, 0.25) is 0 Å². The van der Waals surface area contributed by atoms with E-state index >= 15 is 0 Å². The maximum atomic E-state index is 9.34. The summed E-state index contributed by atoms with van der Waals surface area (Å²) in [5, 5.41) is 9.34. The van der Waals surface area contributed by atoms with Gasteiger partial charge in [0.15, 0.2) is 0 Å². The van der Waals surface area contributed by atoms with Crippen molar-refractivity contribution in [1.82, 2.24) is 0 Å². The Balaban J connectivity index is 3.12. The van der Waals surface area contributed by atoms with Crippen LogP contribution >= 0.6 is 0 Å². The monoisotopic (exact) mass is 163 g/mol. The van der Waals surface area contributed by atoms with Crippen molar-refractivity contribution < 1.29 is 9.52 Å². The van der Waals surface area contributed by atoms with E-state index in [1.807, 2.05) is 6.92 Å². The zero-order chi connectivity index (χ0) is 8.97. The van der Waals surface area contributed by atoms with Gasteiger partial charge in [-0.1, -0.05) is 24.8 Å². The predicted molar refractivity (Wildman–Crippen MR) is 48.7 cm³/mol. The molecule has 0 saturated carbocycles. The van der Waals surface area contributed by atoms with Gasteiger partial charge in [0.25, 0.3) is 0 Å². The lowest BCUT2D eigenvalue weighted by molar-refractivity contribution is 0.431. The molecule has 0 fully saturated rings. The van der Waals surface area contributed by atoms with E-state index in [1.165, 1.54) is 6.26 Å². The molecule has 0 aliphatic rings. The van der Waals surface area contributed by atoms with Crippen LogP contribution in [-0.4, -0.2) is 5.11 Å². The quantitative estimate of drug-likeness (QED) is 0.537. The number of aromatic hydroxyl groups is 1. The van der Waals surface area contributed by atoms with E-state index in [-0.39, 0.29) is 5.75 Å². The van der Waals surface area contributed by atoms with E-state index in [9.17, 15) is 5.11 Å². The Hall–Kier alpha value is -1.57. The highest BCUT2D eigenvalue weighted by Gasteiger charge is 2.07. The van der Waals surface area contributed by atoms with Gasteiger partial charge in [-0.2, -0.15) is 0 Å². The van der Waals surface area contributed by atoms with Gasteiger partial charge in [-0.25, -0.2) is 4.42 Å². The van der Waals surface area contributed by atoms with Gasteiger partial charge < -0.3 is 5.11 Å². The first-order chi connectivity index (χ1) is 5.75. The average Bonchev–Trinajstić information content (AvgIpc) is 2.04. The standard InChI is InChI=1S/C10H10O2/c1-3-4-5-9-8(2)6-12-7-10(9)11/h3-7H,1H2,2H3/p+1/b5-4+. The number of hydrogen-bond donors (Lipinski definition) is 1. The summed E-state index contributed by atoms with van der Waals surface area (Å²) in [4.78, 5) is 0. The van der Waals surface area contributed by atoms with Crippen LogP contribution in [0.25, 0.3) is 6.08 Å². The molecule has 1 heterocycles. The number of rotatable bonds is 2. The molecule has 0 amide bonds. The van der Waals surface area contributed by atoms with Crippen LogP contribution < -0.4 is 0 Å². The van der Waals surface area contributed by atoms with Crippen molar-refractivity contribution in [1.29, 1.82) is 0 Å². The summed E-state index contributed by atoms with van der Waals surface area (Å²) < 4.78 is 4.85.